The van der Waals surface area contributed by atoms with Crippen molar-refractivity contribution < 1.29 is 12.8 Å². The molecule has 1 aliphatic heterocycles. The van der Waals surface area contributed by atoms with E-state index in [9.17, 15) is 12.8 Å². The van der Waals surface area contributed by atoms with Crippen LogP contribution in [0.3, 0.4) is 0 Å². The Labute approximate surface area is 137 Å². The summed E-state index contributed by atoms with van der Waals surface area (Å²) in [6.07, 6.45) is 3.32. The second kappa shape index (κ2) is 7.29. The maximum absolute atomic E-state index is 13.5. The zero-order chi connectivity index (χ0) is 17.0. The third-order valence-electron chi connectivity index (χ3n) is 4.11. The molecule has 2 N–H and O–H groups in total. The van der Waals surface area contributed by atoms with Crippen molar-refractivity contribution in [2.45, 2.75) is 32.1 Å². The molecule has 0 atom stereocenters. The van der Waals surface area contributed by atoms with Gasteiger partial charge in [0.1, 0.15) is 5.82 Å². The van der Waals surface area contributed by atoms with Crippen LogP contribution in [0.4, 0.5) is 4.39 Å². The second-order valence-electron chi connectivity index (χ2n) is 6.33. The predicted octanol–water partition coefficient (Wildman–Crippen LogP) is 1.92. The van der Waals surface area contributed by atoms with Crippen LogP contribution >= 0.6 is 0 Å². The predicted molar refractivity (Wildman–Crippen MR) is 90.2 cm³/mol. The minimum absolute atomic E-state index is 0.126. The summed E-state index contributed by atoms with van der Waals surface area (Å²) in [7, 11) is -3.19. The van der Waals surface area contributed by atoms with E-state index in [0.29, 0.717) is 23.0 Å². The number of rotatable bonds is 4. The number of aliphatic imine (C=N–C) groups is 1. The number of nitrogens with two attached hydrogens (primary N) is 1. The average molecular weight is 341 g/mol. The van der Waals surface area contributed by atoms with Crippen molar-refractivity contribution in [1.29, 1.82) is 0 Å². The van der Waals surface area contributed by atoms with Gasteiger partial charge in [0.15, 0.2) is 15.8 Å². The van der Waals surface area contributed by atoms with Crippen LogP contribution in [0, 0.1) is 11.7 Å². The number of likely N-dealkylation sites (tertiary alicyclic amines) is 1. The van der Waals surface area contributed by atoms with Gasteiger partial charge in [0.25, 0.3) is 0 Å². The Balaban J connectivity index is 2.12. The topological polar surface area (TPSA) is 75.8 Å². The summed E-state index contributed by atoms with van der Waals surface area (Å²) in [4.78, 5) is 6.36. The molecule has 23 heavy (non-hydrogen) atoms. The second-order valence-corrected chi connectivity index (χ2v) is 8.47. The molecule has 0 spiro atoms. The fraction of sp³-hybridized carbons (Fsp3) is 0.562. The molecule has 0 radical (unpaired) electrons. The third-order valence-corrected chi connectivity index (χ3v) is 4.94. The molecule has 0 bridgehead atoms. The van der Waals surface area contributed by atoms with E-state index >= 15 is 0 Å². The van der Waals surface area contributed by atoms with Gasteiger partial charge >= 0.3 is 0 Å². The van der Waals surface area contributed by atoms with E-state index in [0.717, 1.165) is 32.2 Å². The number of nitrogens with zero attached hydrogens (tertiary/aromatic N) is 2. The maximum atomic E-state index is 13.5. The Kier molecular flexibility index (Phi) is 5.62. The Bertz CT molecular complexity index is 681. The molecule has 1 aromatic rings. The van der Waals surface area contributed by atoms with Crippen molar-refractivity contribution in [2.75, 3.05) is 19.3 Å². The molecule has 0 aromatic heterocycles. The highest BCUT2D eigenvalue weighted by atomic mass is 32.2. The summed E-state index contributed by atoms with van der Waals surface area (Å²) >= 11 is 0. The van der Waals surface area contributed by atoms with Crippen LogP contribution in [0.2, 0.25) is 0 Å². The zero-order valence-electron chi connectivity index (χ0n) is 13.6. The summed E-state index contributed by atoms with van der Waals surface area (Å²) in [5, 5.41) is 0. The first kappa shape index (κ1) is 17.7. The SMILES string of the molecule is CC1CCN(C(N)=NCc2cc(F)ccc2CS(C)(=O)=O)CC1. The number of hydrogen-bond donors (Lipinski definition) is 1. The van der Waals surface area contributed by atoms with Gasteiger partial charge in [-0.05, 0) is 42.0 Å². The number of sulfone groups is 1. The normalized spacial score (nSPS) is 17.5. The van der Waals surface area contributed by atoms with E-state index < -0.39 is 15.7 Å². The molecule has 1 aromatic carbocycles. The average Bonchev–Trinajstić information content (AvgIpc) is 2.46. The van der Waals surface area contributed by atoms with Crippen LogP contribution in [0.25, 0.3) is 0 Å². The molecule has 128 valence electrons. The number of hydrogen-bond acceptors (Lipinski definition) is 3. The Morgan fingerprint density at radius 3 is 2.61 bits per heavy atom. The molecule has 1 aliphatic rings. The number of halogens is 1. The van der Waals surface area contributed by atoms with Crippen molar-refractivity contribution in [3.05, 3.63) is 35.1 Å². The van der Waals surface area contributed by atoms with Gasteiger partial charge in [0, 0.05) is 19.3 Å². The molecule has 7 heteroatoms. The van der Waals surface area contributed by atoms with Crippen LogP contribution in [0.5, 0.6) is 0 Å². The first-order chi connectivity index (χ1) is 10.7. The van der Waals surface area contributed by atoms with Crippen LogP contribution in [0.1, 0.15) is 30.9 Å². The minimum atomic E-state index is -3.19. The van der Waals surface area contributed by atoms with Crippen LogP contribution in [-0.4, -0.2) is 38.6 Å². The lowest BCUT2D eigenvalue weighted by Gasteiger charge is -2.31. The number of benzene rings is 1. The van der Waals surface area contributed by atoms with Crippen LogP contribution < -0.4 is 5.73 Å². The van der Waals surface area contributed by atoms with Gasteiger partial charge in [-0.15, -0.1) is 0 Å². The van der Waals surface area contributed by atoms with Gasteiger partial charge in [-0.2, -0.15) is 0 Å². The van der Waals surface area contributed by atoms with Gasteiger partial charge in [-0.1, -0.05) is 13.0 Å². The Morgan fingerprint density at radius 1 is 1.35 bits per heavy atom. The van der Waals surface area contributed by atoms with Crippen molar-refractivity contribution in [3.8, 4) is 0 Å². The molecule has 0 amide bonds. The Morgan fingerprint density at radius 2 is 2.00 bits per heavy atom. The maximum Gasteiger partial charge on any atom is 0.191 e. The van der Waals surface area contributed by atoms with Crippen molar-refractivity contribution in [3.63, 3.8) is 0 Å². The first-order valence-corrected chi connectivity index (χ1v) is 9.80. The molecule has 1 fully saturated rings. The monoisotopic (exact) mass is 341 g/mol. The van der Waals surface area contributed by atoms with Gasteiger partial charge in [-0.25, -0.2) is 17.8 Å². The smallest absolute Gasteiger partial charge is 0.191 e. The highest BCUT2D eigenvalue weighted by Crippen LogP contribution is 2.17. The highest BCUT2D eigenvalue weighted by Gasteiger charge is 2.17. The lowest BCUT2D eigenvalue weighted by molar-refractivity contribution is 0.277. The summed E-state index contributed by atoms with van der Waals surface area (Å²) in [5.74, 6) is 0.604. The van der Waals surface area contributed by atoms with Crippen molar-refractivity contribution >= 4 is 15.8 Å². The fourth-order valence-corrected chi connectivity index (χ4v) is 3.52. The van der Waals surface area contributed by atoms with Gasteiger partial charge in [0.05, 0.1) is 12.3 Å². The molecule has 5 nitrogen and oxygen atoms in total. The van der Waals surface area contributed by atoms with E-state index in [1.807, 2.05) is 4.90 Å². The molecular formula is C16H24FN3O2S. The van der Waals surface area contributed by atoms with Gasteiger partial charge in [-0.3, -0.25) is 0 Å². The Hall–Kier alpha value is -1.63. The lowest BCUT2D eigenvalue weighted by Crippen LogP contribution is -2.42. The van der Waals surface area contributed by atoms with E-state index in [1.165, 1.54) is 18.2 Å². The van der Waals surface area contributed by atoms with Crippen LogP contribution in [-0.2, 0) is 22.1 Å². The summed E-state index contributed by atoms with van der Waals surface area (Å²) in [6, 6.07) is 4.10. The first-order valence-electron chi connectivity index (χ1n) is 7.74. The summed E-state index contributed by atoms with van der Waals surface area (Å²) in [5.41, 5.74) is 7.15. The summed E-state index contributed by atoms with van der Waals surface area (Å²) in [6.45, 7) is 4.14. The number of guanidine groups is 1. The molecule has 0 saturated carbocycles. The molecule has 0 aliphatic carbocycles. The molecule has 2 rings (SSSR count). The molecule has 1 heterocycles. The standard InChI is InChI=1S/C16H24FN3O2S/c1-12-5-7-20(8-6-12)16(18)19-10-14-9-15(17)4-3-13(14)11-23(2,21)22/h3-4,9,12H,5-8,10-11H2,1-2H3,(H2,18,19). The van der Waals surface area contributed by atoms with Crippen molar-refractivity contribution in [1.82, 2.24) is 4.90 Å². The van der Waals surface area contributed by atoms with E-state index in [2.05, 4.69) is 11.9 Å². The molecule has 0 unspecified atom stereocenters. The van der Waals surface area contributed by atoms with Gasteiger partial charge in [0.2, 0.25) is 0 Å². The van der Waals surface area contributed by atoms with E-state index in [-0.39, 0.29) is 12.3 Å². The lowest BCUT2D eigenvalue weighted by atomic mass is 10.00. The molecular weight excluding hydrogens is 317 g/mol. The van der Waals surface area contributed by atoms with E-state index in [1.54, 1.807) is 0 Å². The van der Waals surface area contributed by atoms with Crippen molar-refractivity contribution in [2.24, 2.45) is 16.6 Å². The highest BCUT2D eigenvalue weighted by molar-refractivity contribution is 7.89. The molecule has 1 saturated heterocycles. The van der Waals surface area contributed by atoms with Crippen LogP contribution in [0.15, 0.2) is 23.2 Å². The largest absolute Gasteiger partial charge is 0.370 e. The summed E-state index contributed by atoms with van der Waals surface area (Å²) < 4.78 is 36.4. The number of piperidine rings is 1. The van der Waals surface area contributed by atoms with Gasteiger partial charge < -0.3 is 10.6 Å². The van der Waals surface area contributed by atoms with E-state index in [4.69, 9.17) is 5.73 Å². The third kappa shape index (κ3) is 5.49. The quantitative estimate of drug-likeness (QED) is 0.670. The fourth-order valence-electron chi connectivity index (χ4n) is 2.67. The zero-order valence-corrected chi connectivity index (χ0v) is 14.4. The minimum Gasteiger partial charge on any atom is -0.370 e.